The second-order valence-electron chi connectivity index (χ2n) is 13.3. The number of rotatable bonds is 11. The summed E-state index contributed by atoms with van der Waals surface area (Å²) in [6.07, 6.45) is 4.18. The maximum Gasteiger partial charge on any atom is 0.247 e. The van der Waals surface area contributed by atoms with Gasteiger partial charge in [0.1, 0.15) is 41.5 Å². The minimum atomic E-state index is -0.825. The molecule has 0 aliphatic carbocycles. The number of halogens is 1. The Morgan fingerprint density at radius 1 is 1.04 bits per heavy atom. The number of benzene rings is 2. The average molecular weight is 703 g/mol. The molecule has 4 N–H and O–H groups in total. The number of methoxy groups -OCH3 is 1. The van der Waals surface area contributed by atoms with Gasteiger partial charge in [-0.05, 0) is 75.5 Å². The summed E-state index contributed by atoms with van der Waals surface area (Å²) in [5.41, 5.74) is 1.90. The minimum Gasteiger partial charge on any atom is -0.494 e. The van der Waals surface area contributed by atoms with Crippen molar-refractivity contribution in [1.29, 1.82) is 0 Å². The zero-order valence-corrected chi connectivity index (χ0v) is 30.0. The highest BCUT2D eigenvalue weighted by Crippen LogP contribution is 2.36. The Kier molecular flexibility index (Phi) is 11.1. The number of nitrogens with one attached hydrogen (secondary N) is 4. The Morgan fingerprint density at radius 2 is 1.82 bits per heavy atom. The van der Waals surface area contributed by atoms with Crippen LogP contribution in [-0.4, -0.2) is 76.4 Å². The van der Waals surface area contributed by atoms with Gasteiger partial charge in [0, 0.05) is 29.4 Å². The van der Waals surface area contributed by atoms with Gasteiger partial charge in [-0.1, -0.05) is 32.4 Å². The number of hydrogen-bond donors (Lipinski definition) is 4. The third-order valence-electron chi connectivity index (χ3n) is 8.59. The molecular weight excluding hydrogens is 660 g/mol. The molecule has 3 heterocycles. The van der Waals surface area contributed by atoms with Crippen LogP contribution in [0.5, 0.6) is 17.2 Å². The van der Waals surface area contributed by atoms with Crippen molar-refractivity contribution in [3.8, 4) is 17.2 Å². The van der Waals surface area contributed by atoms with E-state index in [4.69, 9.17) is 21.1 Å². The third kappa shape index (κ3) is 8.23. The Labute approximate surface area is 296 Å². The van der Waals surface area contributed by atoms with Gasteiger partial charge in [0.25, 0.3) is 0 Å². The highest BCUT2D eigenvalue weighted by atomic mass is 35.5. The van der Waals surface area contributed by atoms with Crippen molar-refractivity contribution >= 4 is 57.4 Å². The largest absolute Gasteiger partial charge is 0.494 e. The normalized spacial score (nSPS) is 15.7. The first-order chi connectivity index (χ1) is 23.8. The van der Waals surface area contributed by atoms with Crippen LogP contribution in [-0.2, 0) is 14.4 Å². The number of ether oxygens (including phenoxy) is 2. The second kappa shape index (κ2) is 15.3. The molecule has 2 aromatic heterocycles. The number of likely N-dealkylation sites (tertiary alicyclic amines) is 1. The number of hydrogen-bond acceptors (Lipinski definition) is 10. The van der Waals surface area contributed by atoms with Crippen LogP contribution in [0.3, 0.4) is 0 Å². The quantitative estimate of drug-likeness (QED) is 0.155. The van der Waals surface area contributed by atoms with Gasteiger partial charge >= 0.3 is 0 Å². The SMILES string of the molecule is CN[C@@H](C)C(=O)N[C@H](C(=O)N1CCC[C@H]1C(=O)Nc1cc2c(Nc3ccc(Oc4ccc(C)nc4)c(Cl)c3)ncnc2cc1OC)C(C)(C)C. The molecular formula is C36H43ClN8O5. The van der Waals surface area contributed by atoms with E-state index in [1.807, 2.05) is 39.8 Å². The summed E-state index contributed by atoms with van der Waals surface area (Å²) >= 11 is 6.57. The van der Waals surface area contributed by atoms with E-state index in [1.54, 1.807) is 55.4 Å². The van der Waals surface area contributed by atoms with Crippen molar-refractivity contribution in [2.45, 2.75) is 65.6 Å². The highest BCUT2D eigenvalue weighted by Gasteiger charge is 2.42. The summed E-state index contributed by atoms with van der Waals surface area (Å²) in [4.78, 5) is 55.2. The molecule has 0 saturated carbocycles. The molecule has 1 aliphatic heterocycles. The van der Waals surface area contributed by atoms with Crippen LogP contribution in [0.2, 0.25) is 5.02 Å². The van der Waals surface area contributed by atoms with Crippen LogP contribution in [0.4, 0.5) is 17.2 Å². The molecule has 4 aromatic rings. The van der Waals surface area contributed by atoms with Gasteiger partial charge < -0.3 is 35.6 Å². The lowest BCUT2D eigenvalue weighted by atomic mass is 9.85. The standard InChI is InChI=1S/C36H43ClN8O5/c1-20-10-12-23(18-39-20)50-29-13-11-22(15-25(29)37)42-32-24-16-27(30(49-7)17-26(24)40-19-41-32)43-34(47)28-9-8-14-45(28)35(48)31(36(3,4)5)44-33(46)21(2)38-6/h10-13,15-19,21,28,31,38H,8-9,14H2,1-7H3,(H,43,47)(H,44,46)(H,40,41,42)/t21-,28-,31+/m0/s1. The number of nitrogens with zero attached hydrogens (tertiary/aromatic N) is 4. The Hall–Kier alpha value is -5.01. The molecule has 0 bridgehead atoms. The lowest BCUT2D eigenvalue weighted by Crippen LogP contribution is -2.59. The summed E-state index contributed by atoms with van der Waals surface area (Å²) in [6.45, 7) is 9.67. The number of aromatic nitrogens is 3. The third-order valence-corrected chi connectivity index (χ3v) is 8.88. The summed E-state index contributed by atoms with van der Waals surface area (Å²) in [6, 6.07) is 10.3. The Balaban J connectivity index is 1.37. The van der Waals surface area contributed by atoms with Crippen LogP contribution in [0, 0.1) is 12.3 Å². The average Bonchev–Trinajstić information content (AvgIpc) is 3.58. The molecule has 1 fully saturated rings. The first-order valence-electron chi connectivity index (χ1n) is 16.4. The molecule has 0 radical (unpaired) electrons. The van der Waals surface area contributed by atoms with Gasteiger partial charge in [0.2, 0.25) is 17.7 Å². The van der Waals surface area contributed by atoms with Crippen molar-refractivity contribution in [2.75, 3.05) is 31.3 Å². The molecule has 50 heavy (non-hydrogen) atoms. The molecule has 13 nitrogen and oxygen atoms in total. The summed E-state index contributed by atoms with van der Waals surface area (Å²) in [5.74, 6) is 0.929. The molecule has 5 rings (SSSR count). The van der Waals surface area contributed by atoms with Gasteiger partial charge in [-0.15, -0.1) is 0 Å². The van der Waals surface area contributed by atoms with E-state index >= 15 is 0 Å². The molecule has 264 valence electrons. The monoisotopic (exact) mass is 702 g/mol. The van der Waals surface area contributed by atoms with Crippen molar-refractivity contribution in [2.24, 2.45) is 5.41 Å². The fourth-order valence-corrected chi connectivity index (χ4v) is 5.84. The number of pyridine rings is 1. The van der Waals surface area contributed by atoms with Gasteiger partial charge in [0.15, 0.2) is 0 Å². The van der Waals surface area contributed by atoms with Crippen molar-refractivity contribution < 1.29 is 23.9 Å². The maximum absolute atomic E-state index is 13.9. The lowest BCUT2D eigenvalue weighted by molar-refractivity contribution is -0.143. The number of amides is 3. The number of fused-ring (bicyclic) bond motifs is 1. The first-order valence-corrected chi connectivity index (χ1v) is 16.8. The Bertz CT molecular complexity index is 1880. The van der Waals surface area contributed by atoms with Gasteiger partial charge in [-0.2, -0.15) is 0 Å². The van der Waals surface area contributed by atoms with E-state index < -0.39 is 23.5 Å². The molecule has 3 atom stereocenters. The fourth-order valence-electron chi connectivity index (χ4n) is 5.62. The summed E-state index contributed by atoms with van der Waals surface area (Å²) < 4.78 is 11.5. The van der Waals surface area contributed by atoms with Gasteiger partial charge in [-0.3, -0.25) is 19.4 Å². The lowest BCUT2D eigenvalue weighted by Gasteiger charge is -2.36. The van der Waals surface area contributed by atoms with E-state index in [-0.39, 0.29) is 17.7 Å². The van der Waals surface area contributed by atoms with Gasteiger partial charge in [-0.25, -0.2) is 9.97 Å². The fraction of sp³-hybridized carbons (Fsp3) is 0.389. The van der Waals surface area contributed by atoms with Crippen LogP contribution in [0.15, 0.2) is 55.0 Å². The molecule has 1 aliphatic rings. The van der Waals surface area contributed by atoms with E-state index in [2.05, 4.69) is 36.2 Å². The topological polar surface area (TPSA) is 160 Å². The summed E-state index contributed by atoms with van der Waals surface area (Å²) in [7, 11) is 3.18. The second-order valence-corrected chi connectivity index (χ2v) is 13.7. The number of anilines is 3. The minimum absolute atomic E-state index is 0.292. The van der Waals surface area contributed by atoms with Crippen LogP contribution in [0.1, 0.15) is 46.2 Å². The van der Waals surface area contributed by atoms with E-state index in [9.17, 15) is 14.4 Å². The zero-order valence-electron chi connectivity index (χ0n) is 29.3. The first kappa shape index (κ1) is 36.3. The molecule has 14 heteroatoms. The molecule has 1 saturated heterocycles. The highest BCUT2D eigenvalue weighted by molar-refractivity contribution is 6.32. The molecule has 0 spiro atoms. The Morgan fingerprint density at radius 3 is 2.48 bits per heavy atom. The predicted molar refractivity (Wildman–Crippen MR) is 193 cm³/mol. The van der Waals surface area contributed by atoms with E-state index in [0.717, 1.165) is 5.69 Å². The molecule has 2 aromatic carbocycles. The zero-order chi connectivity index (χ0) is 36.2. The number of likely N-dealkylation sites (N-methyl/N-ethyl adjacent to an activating group) is 1. The van der Waals surface area contributed by atoms with Crippen molar-refractivity contribution in [1.82, 2.24) is 30.5 Å². The van der Waals surface area contributed by atoms with Crippen molar-refractivity contribution in [3.05, 3.63) is 65.7 Å². The smallest absolute Gasteiger partial charge is 0.247 e. The maximum atomic E-state index is 13.9. The number of carbonyl (C=O) groups excluding carboxylic acids is 3. The number of aryl methyl sites for hydroxylation is 1. The van der Waals surface area contributed by atoms with Crippen LogP contribution in [0.25, 0.3) is 10.9 Å². The van der Waals surface area contributed by atoms with E-state index in [0.29, 0.717) is 69.8 Å². The van der Waals surface area contributed by atoms with Crippen LogP contribution >= 0.6 is 11.6 Å². The molecule has 0 unspecified atom stereocenters. The number of carbonyl (C=O) groups is 3. The van der Waals surface area contributed by atoms with Crippen molar-refractivity contribution in [3.63, 3.8) is 0 Å². The van der Waals surface area contributed by atoms with Crippen LogP contribution < -0.4 is 30.7 Å². The predicted octanol–water partition coefficient (Wildman–Crippen LogP) is 5.60. The van der Waals surface area contributed by atoms with E-state index in [1.165, 1.54) is 13.4 Å². The molecule has 3 amide bonds. The van der Waals surface area contributed by atoms with Gasteiger partial charge in [0.05, 0.1) is 35.6 Å². The summed E-state index contributed by atoms with van der Waals surface area (Å²) in [5, 5.41) is 13.0.